The molecule has 0 spiro atoms. The maximum atomic E-state index is 5.16. The molecule has 178 valence electrons. The lowest BCUT2D eigenvalue weighted by molar-refractivity contribution is 0.261. The van der Waals surface area contributed by atoms with Crippen molar-refractivity contribution in [1.29, 1.82) is 0 Å². The molecule has 1 aromatic heterocycles. The monoisotopic (exact) mass is 437 g/mol. The van der Waals surface area contributed by atoms with Gasteiger partial charge < -0.3 is 0 Å². The molecule has 1 heterocycles. The van der Waals surface area contributed by atoms with Crippen molar-refractivity contribution in [2.75, 3.05) is 0 Å². The van der Waals surface area contributed by atoms with E-state index in [0.717, 1.165) is 35.7 Å². The lowest BCUT2D eigenvalue weighted by Crippen LogP contribution is -2.16. The number of hydrogen-bond donors (Lipinski definition) is 0. The zero-order valence-electron chi connectivity index (χ0n) is 21.6. The van der Waals surface area contributed by atoms with E-state index in [-0.39, 0.29) is 0 Å². The Bertz CT molecular complexity index is 766. The summed E-state index contributed by atoms with van der Waals surface area (Å²) < 4.78 is 0. The van der Waals surface area contributed by atoms with Crippen LogP contribution in [0.2, 0.25) is 0 Å². The summed E-state index contributed by atoms with van der Waals surface area (Å²) in [6.07, 6.45) is 17.2. The van der Waals surface area contributed by atoms with Crippen LogP contribution in [0.4, 0.5) is 0 Å². The fraction of sp³-hybridized carbons (Fsp3) is 0.759. The number of rotatable bonds is 11. The molecule has 3 heteroatoms. The Morgan fingerprint density at radius 3 is 2.41 bits per heavy atom. The molecule has 1 aromatic rings. The second-order valence-electron chi connectivity index (χ2n) is 11.2. The van der Waals surface area contributed by atoms with Gasteiger partial charge in [0.25, 0.3) is 0 Å². The summed E-state index contributed by atoms with van der Waals surface area (Å²) in [4.78, 5) is 14.8. The van der Waals surface area contributed by atoms with E-state index in [1.165, 1.54) is 68.9 Å². The van der Waals surface area contributed by atoms with Crippen molar-refractivity contribution in [1.82, 2.24) is 9.97 Å². The predicted molar refractivity (Wildman–Crippen MR) is 138 cm³/mol. The van der Waals surface area contributed by atoms with E-state index in [1.807, 2.05) is 6.20 Å². The van der Waals surface area contributed by atoms with Crippen LogP contribution in [0.15, 0.2) is 22.8 Å². The Morgan fingerprint density at radius 2 is 1.78 bits per heavy atom. The highest BCUT2D eigenvalue weighted by Gasteiger charge is 2.25. The maximum absolute atomic E-state index is 5.16. The Morgan fingerprint density at radius 1 is 1.09 bits per heavy atom. The first-order chi connectivity index (χ1) is 15.4. The maximum Gasteiger partial charge on any atom is 0.132 e. The van der Waals surface area contributed by atoms with Gasteiger partial charge in [-0.25, -0.2) is 9.97 Å². The first kappa shape index (κ1) is 25.1. The van der Waals surface area contributed by atoms with Crippen LogP contribution in [0.25, 0.3) is 5.57 Å². The smallest absolute Gasteiger partial charge is 0.132 e. The summed E-state index contributed by atoms with van der Waals surface area (Å²) in [5.74, 6) is 4.72. The van der Waals surface area contributed by atoms with E-state index in [4.69, 9.17) is 15.0 Å². The first-order valence-corrected chi connectivity index (χ1v) is 13.4. The largest absolute Gasteiger partial charge is 0.289 e. The van der Waals surface area contributed by atoms with Crippen LogP contribution in [-0.4, -0.2) is 22.2 Å². The zero-order valence-corrected chi connectivity index (χ0v) is 21.6. The van der Waals surface area contributed by atoms with Gasteiger partial charge in [0.1, 0.15) is 5.82 Å². The number of nitrogens with zero attached hydrogens (tertiary/aromatic N) is 3. The topological polar surface area (TPSA) is 38.1 Å². The van der Waals surface area contributed by atoms with E-state index in [0.29, 0.717) is 17.9 Å². The third kappa shape index (κ3) is 7.52. The molecule has 0 aliphatic heterocycles. The summed E-state index contributed by atoms with van der Waals surface area (Å²) >= 11 is 0. The Kier molecular flexibility index (Phi) is 9.49. The quantitative estimate of drug-likeness (QED) is 0.327. The second-order valence-corrected chi connectivity index (χ2v) is 11.2. The Balaban J connectivity index is 1.79. The summed E-state index contributed by atoms with van der Waals surface area (Å²) in [6.45, 7) is 13.8. The van der Waals surface area contributed by atoms with E-state index >= 15 is 0 Å². The van der Waals surface area contributed by atoms with Crippen LogP contribution in [0.5, 0.6) is 0 Å². The third-order valence-corrected chi connectivity index (χ3v) is 7.91. The minimum atomic E-state index is 0.349. The highest BCUT2D eigenvalue weighted by Crippen LogP contribution is 2.38. The zero-order chi connectivity index (χ0) is 23.1. The van der Waals surface area contributed by atoms with Gasteiger partial charge in [-0.15, -0.1) is 0 Å². The Hall–Kier alpha value is -1.51. The molecule has 0 radical (unpaired) electrons. The summed E-state index contributed by atoms with van der Waals surface area (Å²) in [5.41, 5.74) is 3.73. The Labute approximate surface area is 197 Å². The minimum absolute atomic E-state index is 0.349. The van der Waals surface area contributed by atoms with Gasteiger partial charge in [-0.2, -0.15) is 0 Å². The molecule has 2 aliphatic carbocycles. The number of aromatic nitrogens is 2. The lowest BCUT2D eigenvalue weighted by atomic mass is 9.78. The molecule has 2 aliphatic rings. The molecule has 2 atom stereocenters. The first-order valence-electron chi connectivity index (χ1n) is 13.4. The minimum Gasteiger partial charge on any atom is -0.289 e. The average Bonchev–Trinajstić information content (AvgIpc) is 3.59. The molecule has 0 aromatic carbocycles. The molecule has 2 saturated carbocycles. The molecular weight excluding hydrogens is 390 g/mol. The second kappa shape index (κ2) is 12.1. The third-order valence-electron chi connectivity index (χ3n) is 7.91. The van der Waals surface area contributed by atoms with Crippen molar-refractivity contribution < 1.29 is 0 Å². The van der Waals surface area contributed by atoms with Gasteiger partial charge in [0.2, 0.25) is 0 Å². The van der Waals surface area contributed by atoms with Gasteiger partial charge in [-0.05, 0) is 82.1 Å². The van der Waals surface area contributed by atoms with Gasteiger partial charge >= 0.3 is 0 Å². The molecule has 0 amide bonds. The van der Waals surface area contributed by atoms with Crippen molar-refractivity contribution in [3.63, 3.8) is 0 Å². The summed E-state index contributed by atoms with van der Waals surface area (Å²) in [6, 6.07) is 2.44. The SMILES string of the molecule is CCC(C)N=C/C(=C(\C)CC1CC1)c1ccnc(C(CCC2CCC(C)CC2)C(C)C)n1. The number of hydrogen-bond acceptors (Lipinski definition) is 3. The van der Waals surface area contributed by atoms with E-state index in [2.05, 4.69) is 53.8 Å². The van der Waals surface area contributed by atoms with Crippen molar-refractivity contribution in [3.8, 4) is 0 Å². The van der Waals surface area contributed by atoms with Gasteiger partial charge in [0, 0.05) is 29.9 Å². The van der Waals surface area contributed by atoms with Gasteiger partial charge in [-0.1, -0.05) is 59.0 Å². The van der Waals surface area contributed by atoms with E-state index in [1.54, 1.807) is 0 Å². The molecule has 2 unspecified atom stereocenters. The lowest BCUT2D eigenvalue weighted by Gasteiger charge is -2.28. The molecule has 3 nitrogen and oxygen atoms in total. The van der Waals surface area contributed by atoms with Crippen LogP contribution < -0.4 is 0 Å². The van der Waals surface area contributed by atoms with Crippen LogP contribution in [0.1, 0.15) is 123 Å². The summed E-state index contributed by atoms with van der Waals surface area (Å²) in [5, 5.41) is 0. The predicted octanol–water partition coefficient (Wildman–Crippen LogP) is 8.27. The standard InChI is InChI=1S/C29H47N3/c1-7-23(6)31-19-27(22(5)18-25-12-13-25)28-16-17-30-29(32-28)26(20(2)3)15-14-24-10-8-21(4)9-11-24/h16-17,19-21,23-26H,7-15,18H2,1-6H3/b27-22-,31-19?. The molecule has 0 N–H and O–H groups in total. The molecule has 0 bridgehead atoms. The molecular formula is C29H47N3. The van der Waals surface area contributed by atoms with Gasteiger partial charge in [0.15, 0.2) is 0 Å². The van der Waals surface area contributed by atoms with Gasteiger partial charge in [0.05, 0.1) is 5.69 Å². The highest BCUT2D eigenvalue weighted by atomic mass is 14.9. The molecule has 0 saturated heterocycles. The normalized spacial score (nSPS) is 24.6. The van der Waals surface area contributed by atoms with Crippen molar-refractivity contribution >= 4 is 11.8 Å². The average molecular weight is 438 g/mol. The van der Waals surface area contributed by atoms with Crippen LogP contribution >= 0.6 is 0 Å². The molecule has 2 fully saturated rings. The van der Waals surface area contributed by atoms with Crippen molar-refractivity contribution in [3.05, 3.63) is 29.4 Å². The fourth-order valence-corrected chi connectivity index (χ4v) is 5.06. The number of allylic oxidation sites excluding steroid dienone is 2. The van der Waals surface area contributed by atoms with Crippen molar-refractivity contribution in [2.24, 2.45) is 28.7 Å². The van der Waals surface area contributed by atoms with Crippen molar-refractivity contribution in [2.45, 2.75) is 118 Å². The van der Waals surface area contributed by atoms with E-state index in [9.17, 15) is 0 Å². The van der Waals surface area contributed by atoms with Crippen LogP contribution in [0, 0.1) is 23.7 Å². The molecule has 32 heavy (non-hydrogen) atoms. The number of aliphatic imine (C=N–C) groups is 1. The highest BCUT2D eigenvalue weighted by molar-refractivity contribution is 6.10. The van der Waals surface area contributed by atoms with Gasteiger partial charge in [-0.3, -0.25) is 4.99 Å². The van der Waals surface area contributed by atoms with Crippen LogP contribution in [-0.2, 0) is 0 Å². The van der Waals surface area contributed by atoms with E-state index < -0.39 is 0 Å². The fourth-order valence-electron chi connectivity index (χ4n) is 5.06. The van der Waals surface area contributed by atoms with Crippen LogP contribution in [0.3, 0.4) is 0 Å². The summed E-state index contributed by atoms with van der Waals surface area (Å²) in [7, 11) is 0. The molecule has 3 rings (SSSR count).